The van der Waals surface area contributed by atoms with Gasteiger partial charge in [0.25, 0.3) is 0 Å². The zero-order valence-corrected chi connectivity index (χ0v) is 10.9. The van der Waals surface area contributed by atoms with Gasteiger partial charge in [-0.05, 0) is 14.0 Å². The van der Waals surface area contributed by atoms with E-state index in [1.54, 1.807) is 6.07 Å². The Balaban J connectivity index is 2.14. The molecule has 94 valence electrons. The summed E-state index contributed by atoms with van der Waals surface area (Å²) in [5.74, 6) is 0.849. The molecule has 1 aliphatic heterocycles. The predicted molar refractivity (Wildman–Crippen MR) is 67.9 cm³/mol. The van der Waals surface area contributed by atoms with Crippen LogP contribution in [-0.2, 0) is 0 Å². The van der Waals surface area contributed by atoms with Crippen LogP contribution in [0.4, 0.5) is 5.82 Å². The minimum absolute atomic E-state index is 0.355. The molecule has 0 saturated carbocycles. The Bertz CT molecular complexity index is 380. The predicted octanol–water partition coefficient (Wildman–Crippen LogP) is 1.28. The van der Waals surface area contributed by atoms with Gasteiger partial charge in [-0.25, -0.2) is 0 Å². The van der Waals surface area contributed by atoms with Gasteiger partial charge in [-0.3, -0.25) is 0 Å². The van der Waals surface area contributed by atoms with Crippen LogP contribution in [0.1, 0.15) is 6.92 Å². The van der Waals surface area contributed by atoms with Gasteiger partial charge < -0.3 is 14.5 Å². The molecule has 0 radical (unpaired) electrons. The number of hydrogen-bond acceptors (Lipinski definition) is 5. The molecule has 2 rings (SSSR count). The molecule has 0 bridgehead atoms. The molecule has 1 aromatic rings. The van der Waals surface area contributed by atoms with E-state index in [9.17, 15) is 0 Å². The zero-order chi connectivity index (χ0) is 12.3. The lowest BCUT2D eigenvalue weighted by Gasteiger charge is -2.33. The average Bonchev–Trinajstić information content (AvgIpc) is 2.29. The third-order valence-electron chi connectivity index (χ3n) is 2.76. The molecule has 0 atom stereocenters. The number of nitrogens with zero attached hydrogens (tertiary/aromatic N) is 4. The lowest BCUT2D eigenvalue weighted by atomic mass is 10.3. The van der Waals surface area contributed by atoms with E-state index >= 15 is 0 Å². The van der Waals surface area contributed by atoms with Crippen molar-refractivity contribution in [2.75, 3.05) is 44.7 Å². The van der Waals surface area contributed by atoms with Crippen molar-refractivity contribution < 1.29 is 4.74 Å². The molecule has 0 aromatic carbocycles. The first-order valence-electron chi connectivity index (χ1n) is 5.80. The molecule has 5 nitrogen and oxygen atoms in total. The highest BCUT2D eigenvalue weighted by molar-refractivity contribution is 6.29. The molecule has 0 amide bonds. The summed E-state index contributed by atoms with van der Waals surface area (Å²) in [6, 6.07) is 2.14. The number of hydrogen-bond donors (Lipinski definition) is 0. The summed E-state index contributed by atoms with van der Waals surface area (Å²) in [6.45, 7) is 6.42. The highest BCUT2D eigenvalue weighted by atomic mass is 35.5. The number of ether oxygens (including phenoxy) is 1. The van der Waals surface area contributed by atoms with Crippen molar-refractivity contribution in [3.8, 4) is 6.01 Å². The molecule has 1 aromatic heterocycles. The van der Waals surface area contributed by atoms with Crippen molar-refractivity contribution in [2.45, 2.75) is 6.92 Å². The molecular formula is C11H17ClN4O. The van der Waals surface area contributed by atoms with Crippen LogP contribution in [-0.4, -0.2) is 54.7 Å². The Morgan fingerprint density at radius 1 is 1.29 bits per heavy atom. The first-order valence-corrected chi connectivity index (χ1v) is 6.17. The number of aromatic nitrogens is 2. The quantitative estimate of drug-likeness (QED) is 0.762. The van der Waals surface area contributed by atoms with E-state index in [0.29, 0.717) is 17.8 Å². The lowest BCUT2D eigenvalue weighted by Crippen LogP contribution is -2.44. The Labute approximate surface area is 106 Å². The second-order valence-electron chi connectivity index (χ2n) is 4.05. The summed E-state index contributed by atoms with van der Waals surface area (Å²) < 4.78 is 5.30. The molecule has 2 heterocycles. The molecule has 1 fully saturated rings. The van der Waals surface area contributed by atoms with Crippen LogP contribution in [0.15, 0.2) is 6.07 Å². The van der Waals surface area contributed by atoms with Crippen LogP contribution >= 0.6 is 11.6 Å². The van der Waals surface area contributed by atoms with Gasteiger partial charge in [0.15, 0.2) is 0 Å². The van der Waals surface area contributed by atoms with Crippen molar-refractivity contribution in [3.05, 3.63) is 11.2 Å². The number of halogens is 1. The van der Waals surface area contributed by atoms with E-state index in [1.807, 2.05) is 6.92 Å². The van der Waals surface area contributed by atoms with Gasteiger partial charge in [0.05, 0.1) is 6.61 Å². The van der Waals surface area contributed by atoms with Crippen molar-refractivity contribution in [1.29, 1.82) is 0 Å². The summed E-state index contributed by atoms with van der Waals surface area (Å²) in [7, 11) is 2.12. The van der Waals surface area contributed by atoms with Gasteiger partial charge in [0, 0.05) is 32.2 Å². The monoisotopic (exact) mass is 256 g/mol. The topological polar surface area (TPSA) is 41.5 Å². The third-order valence-corrected chi connectivity index (χ3v) is 2.96. The van der Waals surface area contributed by atoms with Crippen LogP contribution in [0.3, 0.4) is 0 Å². The molecular weight excluding hydrogens is 240 g/mol. The lowest BCUT2D eigenvalue weighted by molar-refractivity contribution is 0.304. The van der Waals surface area contributed by atoms with Crippen LogP contribution in [0, 0.1) is 0 Å². The highest BCUT2D eigenvalue weighted by Gasteiger charge is 2.17. The summed E-state index contributed by atoms with van der Waals surface area (Å²) in [5, 5.41) is 0.428. The Hall–Kier alpha value is -1.07. The maximum atomic E-state index is 5.97. The Kier molecular flexibility index (Phi) is 4.02. The number of likely N-dealkylation sites (N-methyl/N-ethyl adjacent to an activating group) is 1. The third kappa shape index (κ3) is 3.20. The summed E-state index contributed by atoms with van der Waals surface area (Å²) in [5.41, 5.74) is 0. The fourth-order valence-corrected chi connectivity index (χ4v) is 1.95. The van der Waals surface area contributed by atoms with Gasteiger partial charge in [0.1, 0.15) is 11.0 Å². The minimum atomic E-state index is 0.355. The number of rotatable bonds is 3. The van der Waals surface area contributed by atoms with Crippen LogP contribution < -0.4 is 9.64 Å². The first-order chi connectivity index (χ1) is 8.19. The molecule has 0 unspecified atom stereocenters. The molecule has 17 heavy (non-hydrogen) atoms. The standard InChI is InChI=1S/C11H17ClN4O/c1-3-17-11-13-9(12)8-10(14-11)16-6-4-15(2)5-7-16/h8H,3-7H2,1-2H3. The molecule has 6 heteroatoms. The van der Waals surface area contributed by atoms with Crippen LogP contribution in [0.25, 0.3) is 0 Å². The second-order valence-corrected chi connectivity index (χ2v) is 4.44. The van der Waals surface area contributed by atoms with E-state index in [1.165, 1.54) is 0 Å². The summed E-state index contributed by atoms with van der Waals surface area (Å²) >= 11 is 5.97. The Morgan fingerprint density at radius 3 is 2.65 bits per heavy atom. The zero-order valence-electron chi connectivity index (χ0n) is 10.2. The maximum absolute atomic E-state index is 5.97. The van der Waals surface area contributed by atoms with E-state index in [2.05, 4.69) is 26.8 Å². The van der Waals surface area contributed by atoms with Gasteiger partial charge >= 0.3 is 6.01 Å². The summed E-state index contributed by atoms with van der Waals surface area (Å²) in [4.78, 5) is 12.9. The van der Waals surface area contributed by atoms with E-state index < -0.39 is 0 Å². The maximum Gasteiger partial charge on any atom is 0.319 e. The smallest absolute Gasteiger partial charge is 0.319 e. The highest BCUT2D eigenvalue weighted by Crippen LogP contribution is 2.20. The minimum Gasteiger partial charge on any atom is -0.464 e. The van der Waals surface area contributed by atoms with Crippen LogP contribution in [0.5, 0.6) is 6.01 Å². The van der Waals surface area contributed by atoms with E-state index in [0.717, 1.165) is 32.0 Å². The number of piperazine rings is 1. The fraction of sp³-hybridized carbons (Fsp3) is 0.636. The first kappa shape index (κ1) is 12.4. The summed E-state index contributed by atoms with van der Waals surface area (Å²) in [6.07, 6.45) is 0. The molecule has 0 N–H and O–H groups in total. The van der Waals surface area contributed by atoms with Crippen LogP contribution in [0.2, 0.25) is 5.15 Å². The number of anilines is 1. The van der Waals surface area contributed by atoms with Crippen molar-refractivity contribution in [3.63, 3.8) is 0 Å². The van der Waals surface area contributed by atoms with E-state index in [-0.39, 0.29) is 0 Å². The van der Waals surface area contributed by atoms with Crippen molar-refractivity contribution >= 4 is 17.4 Å². The average molecular weight is 257 g/mol. The van der Waals surface area contributed by atoms with Gasteiger partial charge in [0.2, 0.25) is 0 Å². The fourth-order valence-electron chi connectivity index (χ4n) is 1.78. The molecule has 1 aliphatic rings. The van der Waals surface area contributed by atoms with Gasteiger partial charge in [-0.1, -0.05) is 11.6 Å². The van der Waals surface area contributed by atoms with Gasteiger partial charge in [-0.2, -0.15) is 9.97 Å². The largest absolute Gasteiger partial charge is 0.464 e. The Morgan fingerprint density at radius 2 is 2.00 bits per heavy atom. The van der Waals surface area contributed by atoms with E-state index in [4.69, 9.17) is 16.3 Å². The second kappa shape index (κ2) is 5.51. The van der Waals surface area contributed by atoms with Crippen molar-refractivity contribution in [1.82, 2.24) is 14.9 Å². The molecule has 0 aliphatic carbocycles. The van der Waals surface area contributed by atoms with Gasteiger partial charge in [-0.15, -0.1) is 0 Å². The van der Waals surface area contributed by atoms with Crippen molar-refractivity contribution in [2.24, 2.45) is 0 Å². The normalized spacial score (nSPS) is 17.2. The molecule has 0 spiro atoms. The SMILES string of the molecule is CCOc1nc(Cl)cc(N2CCN(C)CC2)n1. The molecule has 1 saturated heterocycles.